The van der Waals surface area contributed by atoms with Gasteiger partial charge in [0.05, 0.1) is 22.5 Å². The van der Waals surface area contributed by atoms with Crippen LogP contribution >= 0.6 is 11.6 Å². The largest absolute Gasteiger partial charge is 0.338 e. The first-order valence-electron chi connectivity index (χ1n) is 8.74. The lowest BCUT2D eigenvalue weighted by Gasteiger charge is -2.09. The smallest absolute Gasteiger partial charge is 0.257 e. The van der Waals surface area contributed by atoms with Gasteiger partial charge in [-0.25, -0.2) is 4.98 Å². The first-order valence-corrected chi connectivity index (χ1v) is 9.12. The number of carbonyl (C=O) groups is 1. The molecular weight excluding hydrogens is 372 g/mol. The number of H-pyrrole nitrogens is 1. The maximum atomic E-state index is 12.5. The van der Waals surface area contributed by atoms with E-state index < -0.39 is 0 Å². The maximum Gasteiger partial charge on any atom is 0.257 e. The highest BCUT2D eigenvalue weighted by molar-refractivity contribution is 6.33. The van der Waals surface area contributed by atoms with E-state index in [9.17, 15) is 4.79 Å². The van der Waals surface area contributed by atoms with Gasteiger partial charge in [-0.15, -0.1) is 0 Å². The Morgan fingerprint density at radius 1 is 1.07 bits per heavy atom. The van der Waals surface area contributed by atoms with Crippen LogP contribution in [-0.2, 0) is 0 Å². The van der Waals surface area contributed by atoms with E-state index in [1.807, 2.05) is 37.3 Å². The van der Waals surface area contributed by atoms with E-state index in [2.05, 4.69) is 20.3 Å². The van der Waals surface area contributed by atoms with Crippen molar-refractivity contribution in [3.63, 3.8) is 0 Å². The summed E-state index contributed by atoms with van der Waals surface area (Å²) in [6.07, 6.45) is 4.99. The molecule has 0 fully saturated rings. The first-order chi connectivity index (χ1) is 13.6. The molecule has 0 saturated heterocycles. The van der Waals surface area contributed by atoms with Crippen LogP contribution < -0.4 is 5.32 Å². The normalized spacial score (nSPS) is 10.6. The fourth-order valence-electron chi connectivity index (χ4n) is 2.91. The highest BCUT2D eigenvalue weighted by Crippen LogP contribution is 2.30. The van der Waals surface area contributed by atoms with E-state index in [-0.39, 0.29) is 5.91 Å². The predicted octanol–water partition coefficient (Wildman–Crippen LogP) is 5.35. The Hall–Kier alpha value is -3.44. The number of halogens is 1. The number of anilines is 1. The van der Waals surface area contributed by atoms with Crippen LogP contribution in [-0.4, -0.2) is 20.9 Å². The number of carbonyl (C=O) groups excluding carboxylic acids is 1. The molecule has 1 amide bonds. The summed E-state index contributed by atoms with van der Waals surface area (Å²) >= 11 is 6.38. The Morgan fingerprint density at radius 3 is 2.68 bits per heavy atom. The number of nitrogens with one attached hydrogen (secondary N) is 2. The Bertz CT molecular complexity index is 1140. The van der Waals surface area contributed by atoms with Crippen molar-refractivity contribution in [1.82, 2.24) is 15.0 Å². The second-order valence-electron chi connectivity index (χ2n) is 6.35. The summed E-state index contributed by atoms with van der Waals surface area (Å²) in [5.74, 6) is 0.417. The van der Waals surface area contributed by atoms with Crippen molar-refractivity contribution >= 4 is 23.2 Å². The number of hydrogen-bond acceptors (Lipinski definition) is 3. The molecule has 2 heterocycles. The lowest BCUT2D eigenvalue weighted by molar-refractivity contribution is 0.102. The van der Waals surface area contributed by atoms with E-state index in [0.717, 1.165) is 16.8 Å². The van der Waals surface area contributed by atoms with E-state index in [1.165, 1.54) is 0 Å². The molecule has 4 aromatic rings. The van der Waals surface area contributed by atoms with Gasteiger partial charge < -0.3 is 10.3 Å². The Labute approximate surface area is 167 Å². The van der Waals surface area contributed by atoms with Gasteiger partial charge in [0, 0.05) is 23.6 Å². The molecule has 0 radical (unpaired) electrons. The van der Waals surface area contributed by atoms with Gasteiger partial charge in [-0.3, -0.25) is 9.78 Å². The van der Waals surface area contributed by atoms with Crippen molar-refractivity contribution in [2.75, 3.05) is 5.32 Å². The van der Waals surface area contributed by atoms with Crippen LogP contribution in [0.3, 0.4) is 0 Å². The third-order valence-electron chi connectivity index (χ3n) is 4.42. The van der Waals surface area contributed by atoms with Gasteiger partial charge in [-0.2, -0.15) is 0 Å². The number of imidazole rings is 1. The summed E-state index contributed by atoms with van der Waals surface area (Å²) in [6.45, 7) is 1.87. The Morgan fingerprint density at radius 2 is 1.89 bits per heavy atom. The molecule has 4 rings (SSSR count). The molecule has 28 heavy (non-hydrogen) atoms. The van der Waals surface area contributed by atoms with Crippen molar-refractivity contribution in [3.05, 3.63) is 89.3 Å². The van der Waals surface area contributed by atoms with Crippen molar-refractivity contribution in [1.29, 1.82) is 0 Å². The molecule has 2 aromatic heterocycles. The average Bonchev–Trinajstić information content (AvgIpc) is 3.20. The number of aromatic amines is 1. The first kappa shape index (κ1) is 17.9. The molecule has 0 aliphatic rings. The van der Waals surface area contributed by atoms with Crippen molar-refractivity contribution in [2.45, 2.75) is 6.92 Å². The van der Waals surface area contributed by atoms with E-state index in [0.29, 0.717) is 27.7 Å². The minimum atomic E-state index is -0.219. The van der Waals surface area contributed by atoms with Crippen LogP contribution in [0.15, 0.2) is 73.2 Å². The summed E-state index contributed by atoms with van der Waals surface area (Å²) < 4.78 is 0. The summed E-state index contributed by atoms with van der Waals surface area (Å²) in [6, 6.07) is 17.0. The van der Waals surface area contributed by atoms with Crippen LogP contribution in [0.4, 0.5) is 5.69 Å². The molecule has 5 nitrogen and oxygen atoms in total. The lowest BCUT2D eigenvalue weighted by atomic mass is 10.1. The van der Waals surface area contributed by atoms with Gasteiger partial charge in [0.25, 0.3) is 5.91 Å². The average molecular weight is 389 g/mol. The molecule has 0 aliphatic carbocycles. The molecular formula is C22H17ClN4O. The van der Waals surface area contributed by atoms with Crippen LogP contribution in [0.25, 0.3) is 22.6 Å². The Balaban J connectivity index is 1.62. The fraction of sp³-hybridized carbons (Fsp3) is 0.0455. The third kappa shape index (κ3) is 3.66. The molecule has 0 bridgehead atoms. The third-order valence-corrected chi connectivity index (χ3v) is 4.75. The second-order valence-corrected chi connectivity index (χ2v) is 6.76. The van der Waals surface area contributed by atoms with Gasteiger partial charge >= 0.3 is 0 Å². The van der Waals surface area contributed by atoms with Crippen LogP contribution in [0, 0.1) is 6.92 Å². The summed E-state index contributed by atoms with van der Waals surface area (Å²) in [5, 5.41) is 3.44. The number of nitrogens with zero attached hydrogens (tertiary/aromatic N) is 2. The topological polar surface area (TPSA) is 70.7 Å². The number of pyridine rings is 1. The van der Waals surface area contributed by atoms with Crippen LogP contribution in [0.1, 0.15) is 15.9 Å². The van der Waals surface area contributed by atoms with Crippen LogP contribution in [0.5, 0.6) is 0 Å². The number of benzene rings is 2. The van der Waals surface area contributed by atoms with Gasteiger partial charge in [0.1, 0.15) is 5.82 Å². The van der Waals surface area contributed by atoms with Gasteiger partial charge in [-0.05, 0) is 42.3 Å². The van der Waals surface area contributed by atoms with E-state index >= 15 is 0 Å². The molecule has 2 N–H and O–H groups in total. The summed E-state index contributed by atoms with van der Waals surface area (Å²) in [4.78, 5) is 24.3. The van der Waals surface area contributed by atoms with Gasteiger partial charge in [-0.1, -0.05) is 41.9 Å². The molecule has 138 valence electrons. The van der Waals surface area contributed by atoms with Gasteiger partial charge in [0.2, 0.25) is 0 Å². The predicted molar refractivity (Wildman–Crippen MR) is 111 cm³/mol. The number of hydrogen-bond donors (Lipinski definition) is 2. The van der Waals surface area contributed by atoms with Crippen molar-refractivity contribution in [2.24, 2.45) is 0 Å². The minimum absolute atomic E-state index is 0.219. The molecule has 0 unspecified atom stereocenters. The monoisotopic (exact) mass is 388 g/mol. The number of amides is 1. The Kier molecular flexibility index (Phi) is 4.91. The molecule has 0 saturated carbocycles. The number of aryl methyl sites for hydroxylation is 1. The lowest BCUT2D eigenvalue weighted by Crippen LogP contribution is -2.13. The van der Waals surface area contributed by atoms with E-state index in [1.54, 1.807) is 42.9 Å². The highest BCUT2D eigenvalue weighted by atomic mass is 35.5. The molecule has 0 aliphatic heterocycles. The summed E-state index contributed by atoms with van der Waals surface area (Å²) in [7, 11) is 0. The molecule has 0 atom stereocenters. The maximum absolute atomic E-state index is 12.5. The number of rotatable bonds is 4. The summed E-state index contributed by atoms with van der Waals surface area (Å²) in [5.41, 5.74) is 4.67. The van der Waals surface area contributed by atoms with Crippen LogP contribution in [0.2, 0.25) is 5.02 Å². The molecule has 2 aromatic carbocycles. The van der Waals surface area contributed by atoms with Crippen molar-refractivity contribution in [3.8, 4) is 22.6 Å². The van der Waals surface area contributed by atoms with Crippen molar-refractivity contribution < 1.29 is 4.79 Å². The zero-order valence-corrected chi connectivity index (χ0v) is 15.9. The van der Waals surface area contributed by atoms with Gasteiger partial charge in [0.15, 0.2) is 0 Å². The standard InChI is InChI=1S/C22H17ClN4O/c1-14-9-10-24-12-18(14)22(28)26-16-7-8-19(23)17(11-16)21-25-13-20(27-21)15-5-3-2-4-6-15/h2-13H,1H3,(H,25,27)(H,26,28). The molecule has 6 heteroatoms. The SMILES string of the molecule is Cc1ccncc1C(=O)Nc1ccc(Cl)c(-c2ncc(-c3ccccc3)[nH]2)c1. The fourth-order valence-corrected chi connectivity index (χ4v) is 3.11. The molecule has 0 spiro atoms. The second kappa shape index (κ2) is 7.66. The number of aromatic nitrogens is 3. The minimum Gasteiger partial charge on any atom is -0.338 e. The zero-order chi connectivity index (χ0) is 19.5. The zero-order valence-electron chi connectivity index (χ0n) is 15.1. The van der Waals surface area contributed by atoms with E-state index in [4.69, 9.17) is 11.6 Å². The highest BCUT2D eigenvalue weighted by Gasteiger charge is 2.13. The quantitative estimate of drug-likeness (QED) is 0.494.